The molecule has 0 aliphatic heterocycles. The molecule has 1 amide bonds. The van der Waals surface area contributed by atoms with Crippen LogP contribution in [-0.4, -0.2) is 18.6 Å². The number of aryl methyl sites for hydroxylation is 1. The normalized spacial score (nSPS) is 12.0. The summed E-state index contributed by atoms with van der Waals surface area (Å²) in [4.78, 5) is 12.0. The number of rotatable bonds is 8. The lowest BCUT2D eigenvalue weighted by Gasteiger charge is -2.14. The number of hydrogen-bond acceptors (Lipinski definition) is 2. The Morgan fingerprint density at radius 3 is 2.28 bits per heavy atom. The molecule has 2 aromatic carbocycles. The van der Waals surface area contributed by atoms with Gasteiger partial charge in [0, 0.05) is 6.54 Å². The van der Waals surface area contributed by atoms with Crippen LogP contribution >= 0.6 is 0 Å². The average molecular weight is 343 g/mol. The largest absolute Gasteiger partial charge is 0.481 e. The van der Waals surface area contributed by atoms with Crippen LogP contribution in [0.2, 0.25) is 0 Å². The molecule has 0 saturated carbocycles. The fourth-order valence-corrected chi connectivity index (χ4v) is 2.49. The minimum Gasteiger partial charge on any atom is -0.481 e. The molecule has 25 heavy (non-hydrogen) atoms. The molecule has 0 bridgehead atoms. The zero-order valence-corrected chi connectivity index (χ0v) is 15.1. The van der Waals surface area contributed by atoms with E-state index in [2.05, 4.69) is 43.4 Å². The maximum atomic E-state index is 12.9. The molecule has 3 nitrogen and oxygen atoms in total. The van der Waals surface area contributed by atoms with Crippen LogP contribution in [0.15, 0.2) is 48.5 Å². The lowest BCUT2D eigenvalue weighted by molar-refractivity contribution is -0.127. The van der Waals surface area contributed by atoms with Crippen LogP contribution in [0.3, 0.4) is 0 Å². The van der Waals surface area contributed by atoms with Gasteiger partial charge >= 0.3 is 0 Å². The van der Waals surface area contributed by atoms with Crippen LogP contribution in [0.5, 0.6) is 5.75 Å². The van der Waals surface area contributed by atoms with Gasteiger partial charge in [-0.25, -0.2) is 4.39 Å². The first-order valence-corrected chi connectivity index (χ1v) is 8.74. The molecule has 0 aromatic heterocycles. The molecule has 4 heteroatoms. The zero-order valence-electron chi connectivity index (χ0n) is 15.1. The topological polar surface area (TPSA) is 38.3 Å². The second kappa shape index (κ2) is 9.21. The van der Waals surface area contributed by atoms with Gasteiger partial charge < -0.3 is 10.1 Å². The summed E-state index contributed by atoms with van der Waals surface area (Å²) < 4.78 is 18.4. The molecule has 0 aliphatic carbocycles. The predicted molar refractivity (Wildman–Crippen MR) is 98.4 cm³/mol. The van der Waals surface area contributed by atoms with Gasteiger partial charge in [-0.1, -0.05) is 38.1 Å². The number of ether oxygens (including phenoxy) is 1. The molecule has 1 atom stereocenters. The van der Waals surface area contributed by atoms with E-state index in [1.54, 1.807) is 6.92 Å². The van der Waals surface area contributed by atoms with Gasteiger partial charge in [0.15, 0.2) is 6.10 Å². The lowest BCUT2D eigenvalue weighted by atomic mass is 10.0. The van der Waals surface area contributed by atoms with E-state index in [4.69, 9.17) is 4.74 Å². The van der Waals surface area contributed by atoms with E-state index in [0.29, 0.717) is 18.2 Å². The molecule has 1 unspecified atom stereocenters. The van der Waals surface area contributed by atoms with E-state index in [1.165, 1.54) is 35.4 Å². The van der Waals surface area contributed by atoms with Crippen molar-refractivity contribution in [3.05, 3.63) is 65.5 Å². The number of benzene rings is 2. The summed E-state index contributed by atoms with van der Waals surface area (Å²) in [5, 5.41) is 2.88. The summed E-state index contributed by atoms with van der Waals surface area (Å²) in [5.74, 6) is 0.524. The third-order valence-electron chi connectivity index (χ3n) is 4.08. The lowest BCUT2D eigenvalue weighted by Crippen LogP contribution is -2.36. The van der Waals surface area contributed by atoms with Gasteiger partial charge in [0.1, 0.15) is 11.6 Å². The highest BCUT2D eigenvalue weighted by Crippen LogP contribution is 2.15. The number of carbonyl (C=O) groups excluding carboxylic acids is 1. The maximum Gasteiger partial charge on any atom is 0.260 e. The standard InChI is InChI=1S/C21H26FNO2/c1-15(2)18-8-6-17(7-9-18)5-4-14-23-21(24)16(3)25-20-12-10-19(22)11-13-20/h6-13,15-16H,4-5,14H2,1-3H3,(H,23,24). The number of amides is 1. The van der Waals surface area contributed by atoms with Crippen LogP contribution < -0.4 is 10.1 Å². The fraction of sp³-hybridized carbons (Fsp3) is 0.381. The average Bonchev–Trinajstić information content (AvgIpc) is 2.60. The zero-order chi connectivity index (χ0) is 18.2. The third-order valence-corrected chi connectivity index (χ3v) is 4.08. The quantitative estimate of drug-likeness (QED) is 0.719. The molecule has 0 saturated heterocycles. The first-order valence-electron chi connectivity index (χ1n) is 8.74. The van der Waals surface area contributed by atoms with Gasteiger partial charge in [0.2, 0.25) is 0 Å². The smallest absolute Gasteiger partial charge is 0.260 e. The van der Waals surface area contributed by atoms with Crippen molar-refractivity contribution in [3.8, 4) is 5.75 Å². The predicted octanol–water partition coefficient (Wildman–Crippen LogP) is 4.47. The molecule has 0 radical (unpaired) electrons. The van der Waals surface area contributed by atoms with E-state index in [1.807, 2.05) is 0 Å². The molecular formula is C21H26FNO2. The first-order chi connectivity index (χ1) is 12.0. The number of nitrogens with one attached hydrogen (secondary N) is 1. The number of carbonyl (C=O) groups is 1. The van der Waals surface area contributed by atoms with Crippen molar-refractivity contribution in [3.63, 3.8) is 0 Å². The fourth-order valence-electron chi connectivity index (χ4n) is 2.49. The Kier molecular flexibility index (Phi) is 6.99. The van der Waals surface area contributed by atoms with Crippen molar-refractivity contribution >= 4 is 5.91 Å². The van der Waals surface area contributed by atoms with Crippen LogP contribution in [0.25, 0.3) is 0 Å². The van der Waals surface area contributed by atoms with E-state index >= 15 is 0 Å². The molecular weight excluding hydrogens is 317 g/mol. The Labute approximate surface area is 149 Å². The first kappa shape index (κ1) is 19.0. The minimum atomic E-state index is -0.615. The monoisotopic (exact) mass is 343 g/mol. The van der Waals surface area contributed by atoms with E-state index in [-0.39, 0.29) is 11.7 Å². The van der Waals surface area contributed by atoms with E-state index in [0.717, 1.165) is 12.8 Å². The van der Waals surface area contributed by atoms with Crippen LogP contribution in [-0.2, 0) is 11.2 Å². The SMILES string of the molecule is CC(Oc1ccc(F)cc1)C(=O)NCCCc1ccc(C(C)C)cc1. The van der Waals surface area contributed by atoms with Crippen molar-refractivity contribution in [1.82, 2.24) is 5.32 Å². The van der Waals surface area contributed by atoms with Crippen LogP contribution in [0.1, 0.15) is 44.2 Å². The Bertz CT molecular complexity index is 665. The summed E-state index contributed by atoms with van der Waals surface area (Å²) >= 11 is 0. The Morgan fingerprint density at radius 1 is 1.04 bits per heavy atom. The second-order valence-corrected chi connectivity index (χ2v) is 6.50. The van der Waals surface area contributed by atoms with Crippen molar-refractivity contribution in [1.29, 1.82) is 0 Å². The van der Waals surface area contributed by atoms with Gasteiger partial charge in [-0.3, -0.25) is 4.79 Å². The van der Waals surface area contributed by atoms with Gasteiger partial charge in [-0.15, -0.1) is 0 Å². The Morgan fingerprint density at radius 2 is 1.68 bits per heavy atom. The van der Waals surface area contributed by atoms with Crippen molar-refractivity contribution < 1.29 is 13.9 Å². The van der Waals surface area contributed by atoms with Crippen LogP contribution in [0.4, 0.5) is 4.39 Å². The molecule has 0 spiro atoms. The molecule has 0 fully saturated rings. The maximum absolute atomic E-state index is 12.9. The molecule has 1 N–H and O–H groups in total. The van der Waals surface area contributed by atoms with Crippen molar-refractivity contribution in [2.45, 2.75) is 45.6 Å². The van der Waals surface area contributed by atoms with E-state index in [9.17, 15) is 9.18 Å². The van der Waals surface area contributed by atoms with Gasteiger partial charge in [0.25, 0.3) is 5.91 Å². The summed E-state index contributed by atoms with van der Waals surface area (Å²) in [5.41, 5.74) is 2.61. The molecule has 2 aromatic rings. The summed E-state index contributed by atoms with van der Waals surface area (Å²) in [7, 11) is 0. The Balaban J connectivity index is 1.69. The minimum absolute atomic E-state index is 0.167. The van der Waals surface area contributed by atoms with Gasteiger partial charge in [-0.05, 0) is 61.1 Å². The summed E-state index contributed by atoms with van der Waals surface area (Å²) in [6.45, 7) is 6.64. The summed E-state index contributed by atoms with van der Waals surface area (Å²) in [6, 6.07) is 14.3. The molecule has 0 aliphatic rings. The molecule has 0 heterocycles. The number of hydrogen-bond donors (Lipinski definition) is 1. The third kappa shape index (κ3) is 6.22. The van der Waals surface area contributed by atoms with Gasteiger partial charge in [-0.2, -0.15) is 0 Å². The van der Waals surface area contributed by atoms with Crippen LogP contribution in [0, 0.1) is 5.82 Å². The molecule has 2 rings (SSSR count). The highest BCUT2D eigenvalue weighted by Gasteiger charge is 2.13. The van der Waals surface area contributed by atoms with Crippen molar-refractivity contribution in [2.75, 3.05) is 6.54 Å². The second-order valence-electron chi connectivity index (χ2n) is 6.50. The van der Waals surface area contributed by atoms with Crippen molar-refractivity contribution in [2.24, 2.45) is 0 Å². The number of halogens is 1. The summed E-state index contributed by atoms with van der Waals surface area (Å²) in [6.07, 6.45) is 1.18. The van der Waals surface area contributed by atoms with E-state index < -0.39 is 6.10 Å². The highest BCUT2D eigenvalue weighted by atomic mass is 19.1. The molecule has 134 valence electrons. The highest BCUT2D eigenvalue weighted by molar-refractivity contribution is 5.80. The van der Waals surface area contributed by atoms with Gasteiger partial charge in [0.05, 0.1) is 0 Å². The Hall–Kier alpha value is -2.36.